The van der Waals surface area contributed by atoms with Crippen LogP contribution in [0.25, 0.3) is 0 Å². The highest BCUT2D eigenvalue weighted by atomic mass is 35.6. The molecule has 0 spiro atoms. The van der Waals surface area contributed by atoms with E-state index >= 15 is 0 Å². The fourth-order valence-corrected chi connectivity index (χ4v) is 1.43. The summed E-state index contributed by atoms with van der Waals surface area (Å²) in [4.78, 5) is 10.8. The predicted molar refractivity (Wildman–Crippen MR) is 66.9 cm³/mol. The van der Waals surface area contributed by atoms with Crippen LogP contribution in [-0.2, 0) is 9.53 Å². The Kier molecular flexibility index (Phi) is 8.11. The van der Waals surface area contributed by atoms with Crippen LogP contribution in [0.5, 0.6) is 0 Å². The zero-order valence-corrected chi connectivity index (χ0v) is 14.4. The summed E-state index contributed by atoms with van der Waals surface area (Å²) in [7, 11) is 0. The van der Waals surface area contributed by atoms with E-state index in [-0.39, 0.29) is 0 Å². The van der Waals surface area contributed by atoms with E-state index in [4.69, 9.17) is 0 Å². The number of carbonyl (C=O) groups excluding carboxylic acids is 1. The van der Waals surface area contributed by atoms with Crippen molar-refractivity contribution in [1.82, 2.24) is 0 Å². The van der Waals surface area contributed by atoms with Gasteiger partial charge in [-0.15, -0.1) is 0 Å². The van der Waals surface area contributed by atoms with Crippen LogP contribution >= 0.6 is 34.8 Å². The van der Waals surface area contributed by atoms with E-state index in [1.807, 2.05) is 0 Å². The lowest BCUT2D eigenvalue weighted by Crippen LogP contribution is -2.68. The molecular formula is C10H4Cl3F13O2. The van der Waals surface area contributed by atoms with Gasteiger partial charge in [-0.05, 0) is 0 Å². The SMILES string of the molecule is O=C(OC(F)C(F)(F)C(F)(F)C(F)(F)C(F)(F)C(F)C(F)C(F)F)C(Cl)(Cl)Cl. The molecule has 3 unspecified atom stereocenters. The lowest BCUT2D eigenvalue weighted by atomic mass is 9.93. The molecule has 2 nitrogen and oxygen atoms in total. The Morgan fingerprint density at radius 2 is 1.07 bits per heavy atom. The predicted octanol–water partition coefficient (Wildman–Crippen LogP) is 5.68. The summed E-state index contributed by atoms with van der Waals surface area (Å²) < 4.78 is 168. The molecule has 0 heterocycles. The Morgan fingerprint density at radius 1 is 0.714 bits per heavy atom. The second-order valence-corrected chi connectivity index (χ2v) is 7.08. The third-order valence-electron chi connectivity index (χ3n) is 2.83. The highest BCUT2D eigenvalue weighted by Gasteiger charge is 2.85. The van der Waals surface area contributed by atoms with E-state index in [0.29, 0.717) is 0 Å². The molecule has 0 aliphatic rings. The van der Waals surface area contributed by atoms with Gasteiger partial charge in [0.25, 0.3) is 10.2 Å². The number of alkyl halides is 16. The summed E-state index contributed by atoms with van der Waals surface area (Å²) in [6.07, 6.45) is -20.2. The molecule has 0 aromatic heterocycles. The molecule has 3 atom stereocenters. The first-order valence-electron chi connectivity index (χ1n) is 6.06. The van der Waals surface area contributed by atoms with Crippen LogP contribution in [0.15, 0.2) is 0 Å². The van der Waals surface area contributed by atoms with Gasteiger partial charge < -0.3 is 4.74 Å². The first-order valence-corrected chi connectivity index (χ1v) is 7.19. The molecule has 0 rings (SSSR count). The highest BCUT2D eigenvalue weighted by molar-refractivity contribution is 6.75. The number of esters is 1. The van der Waals surface area contributed by atoms with Gasteiger partial charge in [0.1, 0.15) is 0 Å². The second-order valence-electron chi connectivity index (χ2n) is 4.79. The van der Waals surface area contributed by atoms with Crippen molar-refractivity contribution in [2.75, 3.05) is 0 Å². The maximum absolute atomic E-state index is 13.3. The minimum Gasteiger partial charge on any atom is -0.421 e. The van der Waals surface area contributed by atoms with Crippen molar-refractivity contribution in [3.8, 4) is 0 Å². The van der Waals surface area contributed by atoms with Gasteiger partial charge >= 0.3 is 36.0 Å². The van der Waals surface area contributed by atoms with Crippen LogP contribution in [0.4, 0.5) is 57.1 Å². The monoisotopic (exact) mass is 508 g/mol. The quantitative estimate of drug-likeness (QED) is 0.239. The number of hydrogen-bond acceptors (Lipinski definition) is 2. The van der Waals surface area contributed by atoms with E-state index in [0.717, 1.165) is 0 Å². The van der Waals surface area contributed by atoms with Crippen LogP contribution < -0.4 is 0 Å². The maximum atomic E-state index is 13.3. The molecule has 0 radical (unpaired) electrons. The molecule has 0 bridgehead atoms. The Morgan fingerprint density at radius 3 is 1.39 bits per heavy atom. The first-order chi connectivity index (χ1) is 12.1. The largest absolute Gasteiger partial charge is 0.421 e. The number of halogens is 16. The Hall–Kier alpha value is -0.570. The van der Waals surface area contributed by atoms with Crippen LogP contribution in [0.3, 0.4) is 0 Å². The summed E-state index contributed by atoms with van der Waals surface area (Å²) in [5, 5.41) is 0. The number of hydrogen-bond donors (Lipinski definition) is 0. The topological polar surface area (TPSA) is 26.3 Å². The van der Waals surface area contributed by atoms with Gasteiger partial charge in [-0.2, -0.15) is 39.5 Å². The van der Waals surface area contributed by atoms with Gasteiger partial charge in [0.05, 0.1) is 0 Å². The van der Waals surface area contributed by atoms with E-state index < -0.39 is 58.6 Å². The number of carbonyl (C=O) groups is 1. The average Bonchev–Trinajstić information content (AvgIpc) is 2.51. The lowest BCUT2D eigenvalue weighted by Gasteiger charge is -2.38. The molecule has 0 fully saturated rings. The minimum absolute atomic E-state index is 2.68. The van der Waals surface area contributed by atoms with Crippen molar-refractivity contribution in [2.24, 2.45) is 0 Å². The molecule has 0 saturated carbocycles. The van der Waals surface area contributed by atoms with Crippen molar-refractivity contribution in [1.29, 1.82) is 0 Å². The van der Waals surface area contributed by atoms with Crippen molar-refractivity contribution in [3.63, 3.8) is 0 Å². The zero-order valence-electron chi connectivity index (χ0n) is 12.2. The van der Waals surface area contributed by atoms with Crippen molar-refractivity contribution < 1.29 is 66.6 Å². The minimum atomic E-state index is -7.68. The second kappa shape index (κ2) is 8.28. The molecule has 18 heteroatoms. The van der Waals surface area contributed by atoms with Crippen LogP contribution in [0, 0.1) is 0 Å². The van der Waals surface area contributed by atoms with Gasteiger partial charge in [0.15, 0.2) is 6.17 Å². The van der Waals surface area contributed by atoms with Gasteiger partial charge in [0.2, 0.25) is 6.17 Å². The normalized spacial score (nSPS) is 18.0. The molecule has 0 N–H and O–H groups in total. The Labute approximate surface area is 160 Å². The summed E-state index contributed by atoms with van der Waals surface area (Å²) >= 11 is 14.1. The maximum Gasteiger partial charge on any atom is 0.385 e. The van der Waals surface area contributed by atoms with Gasteiger partial charge in [-0.25, -0.2) is 22.4 Å². The zero-order chi connectivity index (χ0) is 23.1. The third kappa shape index (κ3) is 4.77. The molecular weight excluding hydrogens is 505 g/mol. The lowest BCUT2D eigenvalue weighted by molar-refractivity contribution is -0.399. The fraction of sp³-hybridized carbons (Fsp3) is 0.900. The Bertz CT molecular complexity index is 565. The van der Waals surface area contributed by atoms with Crippen LogP contribution in [-0.4, -0.2) is 58.6 Å². The molecule has 0 aromatic rings. The van der Waals surface area contributed by atoms with E-state index in [1.165, 1.54) is 0 Å². The van der Waals surface area contributed by atoms with Crippen molar-refractivity contribution >= 4 is 40.8 Å². The summed E-state index contributed by atoms with van der Waals surface area (Å²) in [6, 6.07) is 0. The smallest absolute Gasteiger partial charge is 0.385 e. The fourth-order valence-electron chi connectivity index (χ4n) is 1.30. The van der Waals surface area contributed by atoms with Crippen LogP contribution in [0.2, 0.25) is 0 Å². The molecule has 168 valence electrons. The third-order valence-corrected chi connectivity index (χ3v) is 3.29. The molecule has 28 heavy (non-hydrogen) atoms. The first kappa shape index (κ1) is 27.4. The number of rotatable bonds is 8. The summed E-state index contributed by atoms with van der Waals surface area (Å²) in [5.74, 6) is -32.3. The standard InChI is InChI=1S/C10H4Cl3F13O2/c11-8(12,13)5(27)28-4(18)7(21,22)10(25,26)9(23,24)6(19,20)2(15)1(14)3(16)17/h1-4H. The van der Waals surface area contributed by atoms with Gasteiger partial charge in [0, 0.05) is 0 Å². The molecule has 0 aromatic carbocycles. The van der Waals surface area contributed by atoms with Crippen LogP contribution in [0.1, 0.15) is 0 Å². The molecule has 0 amide bonds. The van der Waals surface area contributed by atoms with Gasteiger partial charge in [-0.3, -0.25) is 0 Å². The summed E-state index contributed by atoms with van der Waals surface area (Å²) in [6.45, 7) is 0. The number of ether oxygens (including phenoxy) is 1. The molecule has 0 saturated heterocycles. The summed E-state index contributed by atoms with van der Waals surface area (Å²) in [5.41, 5.74) is 0. The van der Waals surface area contributed by atoms with E-state index in [1.54, 1.807) is 0 Å². The highest BCUT2D eigenvalue weighted by Crippen LogP contribution is 2.56. The molecule has 0 aliphatic heterocycles. The van der Waals surface area contributed by atoms with E-state index in [2.05, 4.69) is 39.5 Å². The van der Waals surface area contributed by atoms with Gasteiger partial charge in [-0.1, -0.05) is 34.8 Å². The van der Waals surface area contributed by atoms with Crippen molar-refractivity contribution in [3.05, 3.63) is 0 Å². The Balaban J connectivity index is 6.00. The van der Waals surface area contributed by atoms with E-state index in [9.17, 15) is 61.9 Å². The average molecular weight is 509 g/mol. The molecule has 0 aliphatic carbocycles. The van der Waals surface area contributed by atoms with Crippen molar-refractivity contribution in [2.45, 2.75) is 52.6 Å².